The number of halogens is 1. The topological polar surface area (TPSA) is 80.8 Å². The summed E-state index contributed by atoms with van der Waals surface area (Å²) in [5, 5.41) is 8.79. The van der Waals surface area contributed by atoms with Gasteiger partial charge in [-0.3, -0.25) is 4.79 Å². The quantitative estimate of drug-likeness (QED) is 0.570. The number of benzene rings is 1. The lowest BCUT2D eigenvalue weighted by Gasteiger charge is -2.11. The first-order valence-electron chi connectivity index (χ1n) is 7.27. The molecule has 0 saturated heterocycles. The van der Waals surface area contributed by atoms with Gasteiger partial charge in [-0.1, -0.05) is 18.7 Å². The first-order chi connectivity index (χ1) is 11.1. The Labute approximate surface area is 135 Å². The van der Waals surface area contributed by atoms with Crippen LogP contribution in [0.4, 0.5) is 4.39 Å². The van der Waals surface area contributed by atoms with Gasteiger partial charge in [-0.05, 0) is 31.5 Å². The fraction of sp³-hybridized carbons (Fsp3) is 0.333. The maximum absolute atomic E-state index is 13.4. The number of carbonyl (C=O) groups is 1. The molecule has 0 bridgehead atoms. The molecule has 0 spiro atoms. The summed E-state index contributed by atoms with van der Waals surface area (Å²) in [5.41, 5.74) is 1.76. The fourth-order valence-electron chi connectivity index (χ4n) is 2.24. The van der Waals surface area contributed by atoms with E-state index in [4.69, 9.17) is 4.74 Å². The highest BCUT2D eigenvalue weighted by Crippen LogP contribution is 2.27. The van der Waals surface area contributed by atoms with Gasteiger partial charge < -0.3 is 9.72 Å². The van der Waals surface area contributed by atoms with E-state index in [1.54, 1.807) is 13.0 Å². The van der Waals surface area contributed by atoms with Crippen molar-refractivity contribution in [2.45, 2.75) is 30.7 Å². The van der Waals surface area contributed by atoms with Crippen LogP contribution in [0.3, 0.4) is 0 Å². The Kier molecular flexibility index (Phi) is 4.42. The molecule has 23 heavy (non-hydrogen) atoms. The Morgan fingerprint density at radius 2 is 2.22 bits per heavy atom. The van der Waals surface area contributed by atoms with Gasteiger partial charge in [0.15, 0.2) is 5.65 Å². The average Bonchev–Trinajstić information content (AvgIpc) is 2.89. The molecule has 8 heteroatoms. The molecule has 0 saturated carbocycles. The minimum atomic E-state index is -0.379. The molecule has 0 amide bonds. The first-order valence-corrected chi connectivity index (χ1v) is 8.15. The number of thioether (sulfide) groups is 1. The van der Waals surface area contributed by atoms with E-state index in [9.17, 15) is 9.18 Å². The summed E-state index contributed by atoms with van der Waals surface area (Å²) in [6.45, 7) is 4.00. The molecule has 0 fully saturated rings. The number of H-pyrrole nitrogens is 1. The zero-order valence-electron chi connectivity index (χ0n) is 12.7. The van der Waals surface area contributed by atoms with E-state index in [-0.39, 0.29) is 17.0 Å². The number of rotatable bonds is 5. The third-order valence-electron chi connectivity index (χ3n) is 3.33. The summed E-state index contributed by atoms with van der Waals surface area (Å²) in [6, 6.07) is 4.40. The van der Waals surface area contributed by atoms with E-state index in [0.29, 0.717) is 34.7 Å². The monoisotopic (exact) mass is 334 g/mol. The highest BCUT2D eigenvalue weighted by atomic mass is 32.2. The van der Waals surface area contributed by atoms with Crippen LogP contribution in [0, 0.1) is 5.82 Å². The Morgan fingerprint density at radius 1 is 1.39 bits per heavy atom. The maximum Gasteiger partial charge on any atom is 0.319 e. The molecule has 0 aliphatic carbocycles. The van der Waals surface area contributed by atoms with Crippen LogP contribution in [0.5, 0.6) is 0 Å². The lowest BCUT2D eigenvalue weighted by molar-refractivity contribution is -0.142. The zero-order valence-corrected chi connectivity index (χ0v) is 13.5. The molecule has 0 aliphatic heterocycles. The standard InChI is InChI=1S/C15H15FN4O2S/c1-3-11(14(21)22-4-2)23-15-18-13-12(19-20-15)9-7-8(16)5-6-10(9)17-13/h5-7,11H,3-4H2,1-2H3,(H,17,18,20). The maximum atomic E-state index is 13.4. The van der Waals surface area contributed by atoms with Crippen molar-refractivity contribution < 1.29 is 13.9 Å². The molecular weight excluding hydrogens is 319 g/mol. The number of esters is 1. The number of aromatic nitrogens is 4. The predicted molar refractivity (Wildman–Crippen MR) is 85.7 cm³/mol. The molecule has 0 aliphatic rings. The molecule has 1 atom stereocenters. The number of hydrogen-bond donors (Lipinski definition) is 1. The van der Waals surface area contributed by atoms with Crippen molar-refractivity contribution in [3.63, 3.8) is 0 Å². The van der Waals surface area contributed by atoms with Crippen LogP contribution in [-0.4, -0.2) is 38.0 Å². The molecule has 2 heterocycles. The van der Waals surface area contributed by atoms with Gasteiger partial charge in [-0.15, -0.1) is 10.2 Å². The van der Waals surface area contributed by atoms with Gasteiger partial charge in [-0.25, -0.2) is 9.37 Å². The van der Waals surface area contributed by atoms with Crippen LogP contribution in [-0.2, 0) is 9.53 Å². The van der Waals surface area contributed by atoms with Crippen molar-refractivity contribution >= 4 is 39.8 Å². The van der Waals surface area contributed by atoms with Crippen molar-refractivity contribution in [1.82, 2.24) is 20.2 Å². The van der Waals surface area contributed by atoms with Crippen molar-refractivity contribution in [3.05, 3.63) is 24.0 Å². The normalized spacial score (nSPS) is 12.7. The smallest absolute Gasteiger partial charge is 0.319 e. The molecule has 1 aromatic carbocycles. The van der Waals surface area contributed by atoms with Crippen LogP contribution < -0.4 is 0 Å². The molecule has 1 N–H and O–H groups in total. The summed E-state index contributed by atoms with van der Waals surface area (Å²) in [7, 11) is 0. The van der Waals surface area contributed by atoms with Gasteiger partial charge >= 0.3 is 5.97 Å². The molecular formula is C15H15FN4O2S. The summed E-state index contributed by atoms with van der Waals surface area (Å²) >= 11 is 1.21. The molecule has 1 unspecified atom stereocenters. The molecule has 3 rings (SSSR count). The SMILES string of the molecule is CCOC(=O)C(CC)Sc1nnc2c(n1)[nH]c1ccc(F)cc12. The third kappa shape index (κ3) is 3.12. The molecule has 6 nitrogen and oxygen atoms in total. The summed E-state index contributed by atoms with van der Waals surface area (Å²) in [4.78, 5) is 19.3. The van der Waals surface area contributed by atoms with Crippen molar-refractivity contribution in [3.8, 4) is 0 Å². The van der Waals surface area contributed by atoms with Crippen molar-refractivity contribution in [2.24, 2.45) is 0 Å². The summed E-state index contributed by atoms with van der Waals surface area (Å²) in [5.74, 6) is -0.630. The minimum Gasteiger partial charge on any atom is -0.465 e. The van der Waals surface area contributed by atoms with Gasteiger partial charge in [-0.2, -0.15) is 0 Å². The van der Waals surface area contributed by atoms with E-state index < -0.39 is 0 Å². The lowest BCUT2D eigenvalue weighted by atomic mass is 10.2. The van der Waals surface area contributed by atoms with Crippen LogP contribution in [0.25, 0.3) is 22.1 Å². The Morgan fingerprint density at radius 3 is 2.96 bits per heavy atom. The average molecular weight is 334 g/mol. The second kappa shape index (κ2) is 6.49. The van der Waals surface area contributed by atoms with Crippen molar-refractivity contribution in [1.29, 1.82) is 0 Å². The number of fused-ring (bicyclic) bond motifs is 3. The number of carbonyl (C=O) groups excluding carboxylic acids is 1. The van der Waals surface area contributed by atoms with Crippen LogP contribution in [0.2, 0.25) is 0 Å². The Balaban J connectivity index is 1.93. The highest BCUT2D eigenvalue weighted by molar-refractivity contribution is 8.00. The number of ether oxygens (including phenoxy) is 1. The van der Waals surface area contributed by atoms with Crippen LogP contribution in [0.1, 0.15) is 20.3 Å². The first kappa shape index (κ1) is 15.7. The largest absolute Gasteiger partial charge is 0.465 e. The molecule has 2 aromatic heterocycles. The molecule has 0 radical (unpaired) electrons. The molecule has 120 valence electrons. The van der Waals surface area contributed by atoms with Crippen molar-refractivity contribution in [2.75, 3.05) is 6.61 Å². The summed E-state index contributed by atoms with van der Waals surface area (Å²) < 4.78 is 18.4. The second-order valence-corrected chi connectivity index (χ2v) is 6.04. The van der Waals surface area contributed by atoms with E-state index >= 15 is 0 Å². The second-order valence-electron chi connectivity index (χ2n) is 4.87. The highest BCUT2D eigenvalue weighted by Gasteiger charge is 2.21. The summed E-state index contributed by atoms with van der Waals surface area (Å²) in [6.07, 6.45) is 0.600. The number of nitrogens with one attached hydrogen (secondary N) is 1. The molecule has 3 aromatic rings. The fourth-order valence-corrected chi connectivity index (χ4v) is 3.06. The Bertz CT molecular complexity index is 867. The number of nitrogens with zero attached hydrogens (tertiary/aromatic N) is 3. The van der Waals surface area contributed by atoms with Gasteiger partial charge in [0.25, 0.3) is 0 Å². The number of aromatic amines is 1. The predicted octanol–water partition coefficient (Wildman–Crippen LogP) is 3.08. The lowest BCUT2D eigenvalue weighted by Crippen LogP contribution is -2.19. The van der Waals surface area contributed by atoms with E-state index in [1.165, 1.54) is 23.9 Å². The van der Waals surface area contributed by atoms with E-state index in [2.05, 4.69) is 20.2 Å². The van der Waals surface area contributed by atoms with Crippen LogP contribution in [0.15, 0.2) is 23.4 Å². The van der Waals surface area contributed by atoms with Gasteiger partial charge in [0.2, 0.25) is 5.16 Å². The zero-order chi connectivity index (χ0) is 16.4. The Hall–Kier alpha value is -2.22. The minimum absolute atomic E-state index is 0.289. The van der Waals surface area contributed by atoms with E-state index in [0.717, 1.165) is 5.52 Å². The van der Waals surface area contributed by atoms with Gasteiger partial charge in [0.1, 0.15) is 16.6 Å². The van der Waals surface area contributed by atoms with Gasteiger partial charge in [0, 0.05) is 10.9 Å². The van der Waals surface area contributed by atoms with Gasteiger partial charge in [0.05, 0.1) is 6.61 Å². The third-order valence-corrected chi connectivity index (χ3v) is 4.52. The number of hydrogen-bond acceptors (Lipinski definition) is 6. The van der Waals surface area contributed by atoms with E-state index in [1.807, 2.05) is 6.92 Å². The van der Waals surface area contributed by atoms with Crippen LogP contribution >= 0.6 is 11.8 Å².